The quantitative estimate of drug-likeness (QED) is 0.0712. The first-order valence-electron chi connectivity index (χ1n) is 25.9. The van der Waals surface area contributed by atoms with E-state index in [0.717, 1.165) is 87.9 Å². The first-order chi connectivity index (χ1) is 35.4. The lowest BCUT2D eigenvalue weighted by Crippen LogP contribution is -2.98. The van der Waals surface area contributed by atoms with E-state index in [4.69, 9.17) is 14.2 Å². The minimum absolute atomic E-state index is 0.00540. The lowest BCUT2D eigenvalue weighted by Gasteiger charge is -2.48. The molecule has 17 heteroatoms. The Hall–Kier alpha value is -6.11. The highest BCUT2D eigenvalue weighted by Crippen LogP contribution is 2.40. The van der Waals surface area contributed by atoms with Gasteiger partial charge in [-0.25, -0.2) is 27.5 Å². The molecule has 15 nitrogen and oxygen atoms in total. The van der Waals surface area contributed by atoms with Crippen molar-refractivity contribution < 1.29 is 36.9 Å². The summed E-state index contributed by atoms with van der Waals surface area (Å²) in [5.74, 6) is 0.930. The number of hydrogen-bond donors (Lipinski definition) is 3. The van der Waals surface area contributed by atoms with Crippen LogP contribution < -0.4 is 34.2 Å². The number of pyridine rings is 2. The Kier molecular flexibility index (Phi) is 17.3. The molecular formula is C57H73FN8O7S. The summed E-state index contributed by atoms with van der Waals surface area (Å²) in [5.41, 5.74) is 6.17. The van der Waals surface area contributed by atoms with Crippen LogP contribution in [0.1, 0.15) is 115 Å². The number of hydrogen-bond acceptors (Lipinski definition) is 13. The number of ether oxygens (including phenoxy) is 3. The second kappa shape index (κ2) is 23.6. The maximum atomic E-state index is 14.7. The molecule has 0 spiro atoms. The van der Waals surface area contributed by atoms with Crippen molar-refractivity contribution in [3.63, 3.8) is 0 Å². The van der Waals surface area contributed by atoms with E-state index in [1.165, 1.54) is 49.0 Å². The average Bonchev–Trinajstić information content (AvgIpc) is 3.39. The zero-order valence-electron chi connectivity index (χ0n) is 44.2. The van der Waals surface area contributed by atoms with Gasteiger partial charge in [-0.1, -0.05) is 76.6 Å². The Bertz CT molecular complexity index is 2920. The van der Waals surface area contributed by atoms with Gasteiger partial charge >= 0.3 is 0 Å². The van der Waals surface area contributed by atoms with Gasteiger partial charge in [-0.05, 0) is 104 Å². The number of hydroxylamine groups is 1. The zero-order valence-corrected chi connectivity index (χ0v) is 45.0. The summed E-state index contributed by atoms with van der Waals surface area (Å²) in [6, 6.07) is 23.4. The molecule has 1 amide bonds. The molecule has 8 rings (SSSR count). The number of piperidine rings is 1. The molecule has 2 aromatic heterocycles. The van der Waals surface area contributed by atoms with Crippen LogP contribution in [0, 0.1) is 30.9 Å². The van der Waals surface area contributed by atoms with E-state index in [9.17, 15) is 22.8 Å². The fourth-order valence-electron chi connectivity index (χ4n) is 10.9. The SMILES string of the molecule is C=C(F)c1cc(Oc2cc(N3CCC(N4CCN(Cc5ccc(C)c(OC)c5)C[C@H]4c4ccccc4C(C)C)CC3)ccc2C(=O)NS(=O)(=O)c2cnc(NCC3CCC(C)CC3)c([NH+](C)[O-])c2)c(OC)nc1C. The predicted octanol–water partition coefficient (Wildman–Crippen LogP) is 9.50. The van der Waals surface area contributed by atoms with Crippen molar-refractivity contribution >= 4 is 38.9 Å². The highest BCUT2D eigenvalue weighted by Gasteiger charge is 2.37. The lowest BCUT2D eigenvalue weighted by molar-refractivity contribution is -0.751. The molecule has 3 aromatic carbocycles. The van der Waals surface area contributed by atoms with Gasteiger partial charge in [-0.15, -0.1) is 0 Å². The fourth-order valence-corrected chi connectivity index (χ4v) is 11.8. The number of carbonyl (C=O) groups excluding carboxylic acids is 1. The Balaban J connectivity index is 1.04. The predicted molar refractivity (Wildman–Crippen MR) is 289 cm³/mol. The number of aromatic nitrogens is 2. The van der Waals surface area contributed by atoms with Crippen LogP contribution in [0.5, 0.6) is 23.1 Å². The monoisotopic (exact) mass is 1030 g/mol. The normalized spacial score (nSPS) is 19.5. The van der Waals surface area contributed by atoms with E-state index in [0.29, 0.717) is 54.9 Å². The van der Waals surface area contributed by atoms with Crippen molar-refractivity contribution in [1.29, 1.82) is 0 Å². The molecule has 0 bridgehead atoms. The largest absolute Gasteiger partial charge is 0.629 e. The van der Waals surface area contributed by atoms with Gasteiger partial charge in [0.2, 0.25) is 0 Å². The summed E-state index contributed by atoms with van der Waals surface area (Å²) >= 11 is 0. The highest BCUT2D eigenvalue weighted by molar-refractivity contribution is 7.90. The maximum absolute atomic E-state index is 14.7. The number of aryl methyl sites for hydroxylation is 2. The summed E-state index contributed by atoms with van der Waals surface area (Å²) in [7, 11) is -0.107. The van der Waals surface area contributed by atoms with Crippen molar-refractivity contribution in [1.82, 2.24) is 24.5 Å². The molecule has 1 saturated carbocycles. The highest BCUT2D eigenvalue weighted by atomic mass is 32.2. The van der Waals surface area contributed by atoms with Gasteiger partial charge < -0.3 is 34.7 Å². The Labute approximate surface area is 436 Å². The first kappa shape index (κ1) is 54.2. The molecule has 3 fully saturated rings. The van der Waals surface area contributed by atoms with E-state index in [-0.39, 0.29) is 50.2 Å². The third kappa shape index (κ3) is 12.5. The molecule has 2 aliphatic heterocycles. The third-order valence-corrected chi connectivity index (χ3v) is 16.5. The standard InChI is InChI=1S/C57H73FN8O7S/c1-36(2)46-12-10-11-13-47(46)51-35-64(34-42-19-16-38(4)52(28-42)71-8)26-27-66(51)43-22-24-65(25-23-43)44-20-21-48(53(29-44)73-54-31-49(39(5)58)40(6)61-57(54)72-9)56(67)62-74(69,70)45-30-50(63(7)68)55(60-33-45)59-32-41-17-14-37(3)15-18-41/h10-13,16,19-21,28-31,33,36-37,41,43,51,63H,5,14-15,17-18,22-27,32,34-35H2,1-4,6-9H3,(H,59,60)(H,62,67)/t37?,41?,51-/m0/s1. The van der Waals surface area contributed by atoms with Crippen LogP contribution in [0.25, 0.3) is 5.83 Å². The summed E-state index contributed by atoms with van der Waals surface area (Å²) in [6.07, 6.45) is 7.27. The van der Waals surface area contributed by atoms with Crippen LogP contribution >= 0.6 is 0 Å². The van der Waals surface area contributed by atoms with Crippen molar-refractivity contribution in [2.75, 3.05) is 70.8 Å². The molecule has 2 saturated heterocycles. The van der Waals surface area contributed by atoms with Gasteiger partial charge in [0.05, 0.1) is 38.7 Å². The van der Waals surface area contributed by atoms with Crippen molar-refractivity contribution in [2.24, 2.45) is 11.8 Å². The number of nitrogens with zero attached hydrogens (tertiary/aromatic N) is 5. The molecule has 396 valence electrons. The number of nitrogens with one attached hydrogen (secondary N) is 3. The number of methoxy groups -OCH3 is 2. The molecule has 2 atom stereocenters. The number of rotatable bonds is 18. The van der Waals surface area contributed by atoms with E-state index < -0.39 is 21.8 Å². The molecule has 0 radical (unpaired) electrons. The second-order valence-electron chi connectivity index (χ2n) is 20.7. The molecule has 3 aliphatic rings. The lowest BCUT2D eigenvalue weighted by atomic mass is 9.83. The van der Waals surface area contributed by atoms with Crippen molar-refractivity contribution in [3.8, 4) is 23.1 Å². The molecule has 3 N–H and O–H groups in total. The zero-order chi connectivity index (χ0) is 52.8. The van der Waals surface area contributed by atoms with E-state index in [2.05, 4.69) is 111 Å². The number of sulfonamides is 1. The first-order valence-corrected chi connectivity index (χ1v) is 27.4. The summed E-state index contributed by atoms with van der Waals surface area (Å²) in [6.45, 7) is 19.4. The van der Waals surface area contributed by atoms with E-state index in [1.807, 2.05) is 0 Å². The number of halogens is 1. The Morgan fingerprint density at radius 1 is 0.905 bits per heavy atom. The van der Waals surface area contributed by atoms with Crippen LogP contribution in [0.4, 0.5) is 21.6 Å². The minimum Gasteiger partial charge on any atom is -0.629 e. The van der Waals surface area contributed by atoms with Gasteiger partial charge in [0.1, 0.15) is 22.2 Å². The molecule has 4 heterocycles. The molecule has 1 aliphatic carbocycles. The maximum Gasteiger partial charge on any atom is 0.268 e. The number of anilines is 2. The van der Waals surface area contributed by atoms with Crippen LogP contribution in [0.15, 0.2) is 90.5 Å². The van der Waals surface area contributed by atoms with Crippen molar-refractivity contribution in [2.45, 2.75) is 103 Å². The third-order valence-electron chi connectivity index (χ3n) is 15.2. The van der Waals surface area contributed by atoms with Gasteiger partial charge in [0, 0.05) is 81.3 Å². The smallest absolute Gasteiger partial charge is 0.268 e. The molecular weight excluding hydrogens is 960 g/mol. The van der Waals surface area contributed by atoms with Gasteiger partial charge in [-0.2, -0.15) is 0 Å². The second-order valence-corrected chi connectivity index (χ2v) is 22.4. The Morgan fingerprint density at radius 3 is 2.34 bits per heavy atom. The summed E-state index contributed by atoms with van der Waals surface area (Å²) < 4.78 is 62.5. The summed E-state index contributed by atoms with van der Waals surface area (Å²) in [4.78, 5) is 30.2. The number of quaternary nitrogens is 1. The number of carbonyl (C=O) groups is 1. The molecule has 5 aromatic rings. The van der Waals surface area contributed by atoms with E-state index >= 15 is 0 Å². The number of amides is 1. The van der Waals surface area contributed by atoms with Crippen LogP contribution in [-0.2, 0) is 16.6 Å². The Morgan fingerprint density at radius 2 is 1.65 bits per heavy atom. The van der Waals surface area contributed by atoms with Gasteiger partial charge in [0.25, 0.3) is 21.8 Å². The van der Waals surface area contributed by atoms with Gasteiger partial charge in [-0.3, -0.25) is 14.6 Å². The van der Waals surface area contributed by atoms with Crippen LogP contribution in [0.3, 0.4) is 0 Å². The molecule has 1 unspecified atom stereocenters. The topological polar surface area (TPSA) is 166 Å². The van der Waals surface area contributed by atoms with Gasteiger partial charge in [0.15, 0.2) is 17.3 Å². The number of piperazine rings is 1. The van der Waals surface area contributed by atoms with Crippen LogP contribution in [-0.4, -0.2) is 101 Å². The minimum atomic E-state index is -4.57. The van der Waals surface area contributed by atoms with Crippen molar-refractivity contribution in [3.05, 3.63) is 130 Å². The van der Waals surface area contributed by atoms with Crippen LogP contribution in [0.2, 0.25) is 0 Å². The summed E-state index contributed by atoms with van der Waals surface area (Å²) in [5, 5.41) is 15.8. The molecule has 74 heavy (non-hydrogen) atoms. The fraction of sp³-hybridized carbons (Fsp3) is 0.456. The number of benzene rings is 3. The van der Waals surface area contributed by atoms with E-state index in [1.54, 1.807) is 26.2 Å². The average molecular weight is 1030 g/mol.